The fourth-order valence-electron chi connectivity index (χ4n) is 4.27. The van der Waals surface area contributed by atoms with Gasteiger partial charge in [-0.25, -0.2) is 0 Å². The molecule has 0 aliphatic heterocycles. The molecule has 0 heterocycles. The lowest BCUT2D eigenvalue weighted by atomic mass is 9.53. The minimum atomic E-state index is 0.467. The molecule has 0 spiro atoms. The van der Waals surface area contributed by atoms with Gasteiger partial charge in [-0.15, -0.1) is 0 Å². The van der Waals surface area contributed by atoms with Crippen molar-refractivity contribution in [2.24, 2.45) is 17.8 Å². The Kier molecular flexibility index (Phi) is 2.08. The van der Waals surface area contributed by atoms with Crippen LogP contribution in [0.5, 0.6) is 0 Å². The summed E-state index contributed by atoms with van der Waals surface area (Å²) < 4.78 is 2.16. The highest BCUT2D eigenvalue weighted by Gasteiger charge is 2.53. The Balaban J connectivity index is 1.91. The van der Waals surface area contributed by atoms with Gasteiger partial charge in [-0.05, 0) is 56.3 Å². The average Bonchev–Trinajstić information content (AvgIpc) is 2.00. The largest absolute Gasteiger partial charge is 0.171 e. The monoisotopic (exact) mass is 307 g/mol. The molecule has 4 aliphatic rings. The molecule has 0 unspecified atom stereocenters. The van der Waals surface area contributed by atoms with E-state index in [-0.39, 0.29) is 0 Å². The number of hydrogen-bond donors (Lipinski definition) is 0. The maximum absolute atomic E-state index is 3.61. The van der Waals surface area contributed by atoms with E-state index in [1.54, 1.807) is 0 Å². The summed E-state index contributed by atoms with van der Waals surface area (Å²) in [4.78, 5) is 0. The molecule has 4 fully saturated rings. The zero-order chi connectivity index (χ0) is 9.05. The summed E-state index contributed by atoms with van der Waals surface area (Å²) in [5, 5.41) is 0. The standard InChI is InChI=1S/C10H15Br2N/c11-13(12)10-4-7-1-8(5-10)3-9(2-7)6-10/h7-9H,1-6H2. The third-order valence-electron chi connectivity index (χ3n) is 4.36. The third kappa shape index (κ3) is 1.34. The van der Waals surface area contributed by atoms with E-state index in [1.807, 2.05) is 0 Å². The quantitative estimate of drug-likeness (QED) is 0.665. The van der Waals surface area contributed by atoms with Crippen molar-refractivity contribution in [1.29, 1.82) is 0 Å². The van der Waals surface area contributed by atoms with Gasteiger partial charge in [0, 0.05) is 37.8 Å². The highest BCUT2D eigenvalue weighted by Crippen LogP contribution is 2.59. The maximum atomic E-state index is 3.61. The van der Waals surface area contributed by atoms with Crippen molar-refractivity contribution in [2.75, 3.05) is 0 Å². The van der Waals surface area contributed by atoms with Gasteiger partial charge in [-0.3, -0.25) is 0 Å². The SMILES string of the molecule is BrN(Br)C12CC3CC(CC(C3)C1)C2. The molecule has 3 heteroatoms. The van der Waals surface area contributed by atoms with Gasteiger partial charge in [0.1, 0.15) is 0 Å². The van der Waals surface area contributed by atoms with Crippen molar-refractivity contribution in [2.45, 2.75) is 44.1 Å². The summed E-state index contributed by atoms with van der Waals surface area (Å²) in [6.07, 6.45) is 8.80. The predicted molar refractivity (Wildman–Crippen MR) is 60.6 cm³/mol. The average molecular weight is 309 g/mol. The first-order valence-electron chi connectivity index (χ1n) is 5.30. The topological polar surface area (TPSA) is 3.24 Å². The molecule has 0 saturated heterocycles. The van der Waals surface area contributed by atoms with E-state index in [2.05, 4.69) is 35.2 Å². The van der Waals surface area contributed by atoms with E-state index in [1.165, 1.54) is 38.5 Å². The first kappa shape index (κ1) is 9.17. The van der Waals surface area contributed by atoms with Gasteiger partial charge < -0.3 is 0 Å². The molecule has 1 nitrogen and oxygen atoms in total. The molecule has 4 rings (SSSR count). The van der Waals surface area contributed by atoms with Crippen LogP contribution in [0.3, 0.4) is 0 Å². The lowest BCUT2D eigenvalue weighted by Crippen LogP contribution is -2.54. The second-order valence-corrected chi connectivity index (χ2v) is 7.75. The Bertz CT molecular complexity index is 192. The summed E-state index contributed by atoms with van der Waals surface area (Å²) in [6, 6.07) is 0. The van der Waals surface area contributed by atoms with Crippen LogP contribution in [0.4, 0.5) is 0 Å². The summed E-state index contributed by atoms with van der Waals surface area (Å²) >= 11 is 7.23. The molecule has 4 saturated carbocycles. The molecule has 4 bridgehead atoms. The van der Waals surface area contributed by atoms with Crippen LogP contribution < -0.4 is 0 Å². The summed E-state index contributed by atoms with van der Waals surface area (Å²) in [5.41, 5.74) is 0.467. The number of nitrogens with zero attached hydrogens (tertiary/aromatic N) is 1. The van der Waals surface area contributed by atoms with Gasteiger partial charge in [0.2, 0.25) is 0 Å². The van der Waals surface area contributed by atoms with Gasteiger partial charge in [-0.2, -0.15) is 2.95 Å². The highest BCUT2D eigenvalue weighted by atomic mass is 79.9. The summed E-state index contributed by atoms with van der Waals surface area (Å²) in [7, 11) is 0. The minimum Gasteiger partial charge on any atom is -0.171 e. The molecule has 0 aromatic rings. The van der Waals surface area contributed by atoms with Gasteiger partial charge >= 0.3 is 0 Å². The highest BCUT2D eigenvalue weighted by molar-refractivity contribution is 9.21. The maximum Gasteiger partial charge on any atom is 0.0439 e. The predicted octanol–water partition coefficient (Wildman–Crippen LogP) is 3.88. The number of rotatable bonds is 1. The molecule has 0 atom stereocenters. The van der Waals surface area contributed by atoms with Crippen molar-refractivity contribution >= 4 is 32.3 Å². The van der Waals surface area contributed by atoms with Gasteiger partial charge in [-0.1, -0.05) is 0 Å². The molecule has 13 heavy (non-hydrogen) atoms. The van der Waals surface area contributed by atoms with Gasteiger partial charge in [0.15, 0.2) is 0 Å². The fraction of sp³-hybridized carbons (Fsp3) is 1.00. The van der Waals surface area contributed by atoms with Crippen molar-refractivity contribution in [3.8, 4) is 0 Å². The molecule has 0 aromatic carbocycles. The third-order valence-corrected chi connectivity index (χ3v) is 5.87. The fourth-order valence-corrected chi connectivity index (χ4v) is 5.14. The second kappa shape index (κ2) is 2.96. The molecule has 0 amide bonds. The molecule has 4 aliphatic carbocycles. The zero-order valence-corrected chi connectivity index (χ0v) is 10.8. The Hall–Kier alpha value is 0.920. The summed E-state index contributed by atoms with van der Waals surface area (Å²) in [5.74, 6) is 3.09. The van der Waals surface area contributed by atoms with Crippen LogP contribution in [0.2, 0.25) is 0 Å². The van der Waals surface area contributed by atoms with Crippen LogP contribution in [-0.2, 0) is 0 Å². The van der Waals surface area contributed by atoms with Gasteiger partial charge in [0.05, 0.1) is 0 Å². The van der Waals surface area contributed by atoms with Crippen LogP contribution in [0, 0.1) is 17.8 Å². The smallest absolute Gasteiger partial charge is 0.0439 e. The minimum absolute atomic E-state index is 0.467. The van der Waals surface area contributed by atoms with Crippen LogP contribution >= 0.6 is 32.3 Å². The van der Waals surface area contributed by atoms with Crippen molar-refractivity contribution < 1.29 is 0 Å². The zero-order valence-electron chi connectivity index (χ0n) is 7.68. The van der Waals surface area contributed by atoms with E-state index < -0.39 is 0 Å². The molecule has 0 N–H and O–H groups in total. The molecule has 0 aromatic heterocycles. The Morgan fingerprint density at radius 3 is 1.54 bits per heavy atom. The van der Waals surface area contributed by atoms with E-state index in [9.17, 15) is 0 Å². The van der Waals surface area contributed by atoms with Crippen molar-refractivity contribution in [3.63, 3.8) is 0 Å². The van der Waals surface area contributed by atoms with E-state index >= 15 is 0 Å². The van der Waals surface area contributed by atoms with E-state index in [4.69, 9.17) is 0 Å². The first-order chi connectivity index (χ1) is 6.18. The van der Waals surface area contributed by atoms with Gasteiger partial charge in [0.25, 0.3) is 0 Å². The number of halogens is 2. The molecule has 74 valence electrons. The molecular weight excluding hydrogens is 294 g/mol. The normalized spacial score (nSPS) is 53.3. The lowest BCUT2D eigenvalue weighted by Gasteiger charge is -2.57. The van der Waals surface area contributed by atoms with Crippen LogP contribution in [0.25, 0.3) is 0 Å². The van der Waals surface area contributed by atoms with E-state index in [0.29, 0.717) is 5.54 Å². The van der Waals surface area contributed by atoms with Crippen molar-refractivity contribution in [1.82, 2.24) is 2.95 Å². The number of hydrogen-bond acceptors (Lipinski definition) is 1. The van der Waals surface area contributed by atoms with Crippen LogP contribution in [0.1, 0.15) is 38.5 Å². The summed E-state index contributed by atoms with van der Waals surface area (Å²) in [6.45, 7) is 0. The van der Waals surface area contributed by atoms with E-state index in [0.717, 1.165) is 17.8 Å². The molecular formula is C10H15Br2N. The Morgan fingerprint density at radius 1 is 0.846 bits per heavy atom. The first-order valence-corrected chi connectivity index (χ1v) is 6.72. The molecule has 0 radical (unpaired) electrons. The lowest BCUT2D eigenvalue weighted by molar-refractivity contribution is -0.0262. The Morgan fingerprint density at radius 2 is 1.23 bits per heavy atom. The Labute approximate surface area is 96.9 Å². The second-order valence-electron chi connectivity index (χ2n) is 5.37. The van der Waals surface area contributed by atoms with Crippen LogP contribution in [0.15, 0.2) is 0 Å². The van der Waals surface area contributed by atoms with Crippen LogP contribution in [-0.4, -0.2) is 8.49 Å². The van der Waals surface area contributed by atoms with Crippen molar-refractivity contribution in [3.05, 3.63) is 0 Å².